The lowest BCUT2D eigenvalue weighted by molar-refractivity contribution is -0.144. The minimum absolute atomic E-state index is 0.0523. The Morgan fingerprint density at radius 2 is 1.84 bits per heavy atom. The lowest BCUT2D eigenvalue weighted by Crippen LogP contribution is -2.60. The topological polar surface area (TPSA) is 84.9 Å². The van der Waals surface area contributed by atoms with Crippen molar-refractivity contribution >= 4 is 11.9 Å². The van der Waals surface area contributed by atoms with Crippen molar-refractivity contribution in [3.8, 4) is 5.75 Å². The third-order valence-corrected chi connectivity index (χ3v) is 6.87. The maximum atomic E-state index is 13.1. The maximum absolute atomic E-state index is 13.1. The van der Waals surface area contributed by atoms with Crippen molar-refractivity contribution in [1.29, 1.82) is 0 Å². The van der Waals surface area contributed by atoms with Gasteiger partial charge in [-0.1, -0.05) is 43.7 Å². The summed E-state index contributed by atoms with van der Waals surface area (Å²) >= 11 is 0. The van der Waals surface area contributed by atoms with Crippen molar-refractivity contribution in [3.63, 3.8) is 0 Å². The second-order valence-electron chi connectivity index (χ2n) is 9.38. The Balaban J connectivity index is 1.55. The van der Waals surface area contributed by atoms with E-state index in [1.165, 1.54) is 0 Å². The Labute approximate surface area is 188 Å². The molecule has 6 nitrogen and oxygen atoms in total. The Morgan fingerprint density at radius 1 is 1.12 bits per heavy atom. The van der Waals surface area contributed by atoms with Gasteiger partial charge in [-0.15, -0.1) is 0 Å². The summed E-state index contributed by atoms with van der Waals surface area (Å²) in [6.07, 6.45) is 3.76. The van der Waals surface area contributed by atoms with Gasteiger partial charge in [0.15, 0.2) is 6.61 Å². The van der Waals surface area contributed by atoms with Crippen LogP contribution in [0.2, 0.25) is 0 Å². The monoisotopic (exact) mass is 437 g/mol. The number of aliphatic carboxylic acids is 1. The zero-order valence-electron chi connectivity index (χ0n) is 18.6. The molecule has 1 aliphatic carbocycles. The van der Waals surface area contributed by atoms with Gasteiger partial charge in [0.1, 0.15) is 5.75 Å². The zero-order chi connectivity index (χ0) is 22.7. The molecule has 0 unspecified atom stereocenters. The van der Waals surface area contributed by atoms with Gasteiger partial charge < -0.3 is 19.9 Å². The molecule has 1 aliphatic heterocycles. The minimum Gasteiger partial charge on any atom is -0.482 e. The van der Waals surface area contributed by atoms with Crippen LogP contribution >= 0.6 is 0 Å². The van der Waals surface area contributed by atoms with Crippen LogP contribution < -0.4 is 10.1 Å². The number of nitrogens with one attached hydrogen (secondary N) is 1. The fourth-order valence-corrected chi connectivity index (χ4v) is 5.19. The lowest BCUT2D eigenvalue weighted by Gasteiger charge is -2.52. The average Bonchev–Trinajstić information content (AvgIpc) is 2.78. The normalized spacial score (nSPS) is 29.6. The van der Waals surface area contributed by atoms with E-state index < -0.39 is 5.97 Å². The van der Waals surface area contributed by atoms with E-state index in [9.17, 15) is 9.59 Å². The van der Waals surface area contributed by atoms with Crippen LogP contribution in [0.15, 0.2) is 54.6 Å². The van der Waals surface area contributed by atoms with E-state index in [1.54, 1.807) is 12.1 Å². The molecule has 2 fully saturated rings. The van der Waals surface area contributed by atoms with E-state index in [2.05, 4.69) is 19.2 Å². The van der Waals surface area contributed by atoms with Crippen LogP contribution in [0.5, 0.6) is 5.75 Å². The van der Waals surface area contributed by atoms with Gasteiger partial charge in [-0.25, -0.2) is 4.79 Å². The number of rotatable bonds is 6. The SMILES string of the molecule is C[C@@H]1CC[C@@H]2[C@@H](C1)O[C@@H](c1ccc(OCC(=O)O)cc1)C[C@@]2(C)NC(=O)c1ccccc1. The number of benzene rings is 2. The molecule has 32 heavy (non-hydrogen) atoms. The summed E-state index contributed by atoms with van der Waals surface area (Å²) < 4.78 is 11.8. The first kappa shape index (κ1) is 22.3. The van der Waals surface area contributed by atoms with Gasteiger partial charge in [-0.2, -0.15) is 0 Å². The summed E-state index contributed by atoms with van der Waals surface area (Å²) in [7, 11) is 0. The smallest absolute Gasteiger partial charge is 0.341 e. The second-order valence-corrected chi connectivity index (χ2v) is 9.38. The van der Waals surface area contributed by atoms with E-state index in [0.29, 0.717) is 23.7 Å². The van der Waals surface area contributed by atoms with Gasteiger partial charge in [0.2, 0.25) is 0 Å². The summed E-state index contributed by atoms with van der Waals surface area (Å²) in [5, 5.41) is 12.2. The summed E-state index contributed by atoms with van der Waals surface area (Å²) in [5.41, 5.74) is 1.28. The average molecular weight is 438 g/mol. The number of carbonyl (C=O) groups is 2. The molecule has 0 spiro atoms. The molecule has 2 aromatic carbocycles. The molecule has 1 saturated heterocycles. The van der Waals surface area contributed by atoms with Gasteiger partial charge in [0, 0.05) is 23.4 Å². The summed E-state index contributed by atoms with van der Waals surface area (Å²) in [6, 6.07) is 16.7. The number of carbonyl (C=O) groups excluding carboxylic acids is 1. The zero-order valence-corrected chi connectivity index (χ0v) is 18.6. The minimum atomic E-state index is -1.01. The van der Waals surface area contributed by atoms with E-state index in [-0.39, 0.29) is 36.2 Å². The largest absolute Gasteiger partial charge is 0.482 e. The predicted octanol–water partition coefficient (Wildman–Crippen LogP) is 4.60. The number of ether oxygens (including phenoxy) is 2. The fraction of sp³-hybridized carbons (Fsp3) is 0.462. The van der Waals surface area contributed by atoms with Crippen LogP contribution in [0.1, 0.15) is 61.6 Å². The molecule has 2 aliphatic rings. The summed E-state index contributed by atoms with van der Waals surface area (Å²) in [4.78, 5) is 23.8. The summed E-state index contributed by atoms with van der Waals surface area (Å²) in [5.74, 6) is 0.309. The maximum Gasteiger partial charge on any atom is 0.341 e. The fourth-order valence-electron chi connectivity index (χ4n) is 5.19. The third kappa shape index (κ3) is 4.96. The van der Waals surface area contributed by atoms with Crippen molar-refractivity contribution in [2.75, 3.05) is 6.61 Å². The van der Waals surface area contributed by atoms with Crippen molar-refractivity contribution in [2.24, 2.45) is 11.8 Å². The Morgan fingerprint density at radius 3 is 2.53 bits per heavy atom. The Hall–Kier alpha value is -2.86. The first-order valence-corrected chi connectivity index (χ1v) is 11.3. The molecule has 2 aromatic rings. The van der Waals surface area contributed by atoms with Crippen molar-refractivity contribution in [2.45, 2.75) is 57.3 Å². The molecule has 0 radical (unpaired) electrons. The molecule has 2 N–H and O–H groups in total. The van der Waals surface area contributed by atoms with Crippen molar-refractivity contribution in [1.82, 2.24) is 5.32 Å². The highest BCUT2D eigenvalue weighted by Crippen LogP contribution is 2.48. The Bertz CT molecular complexity index is 944. The quantitative estimate of drug-likeness (QED) is 0.690. The molecular weight excluding hydrogens is 406 g/mol. The predicted molar refractivity (Wildman–Crippen MR) is 121 cm³/mol. The number of hydrogen-bond donors (Lipinski definition) is 2. The van der Waals surface area contributed by atoms with E-state index in [0.717, 1.165) is 24.8 Å². The molecule has 0 aromatic heterocycles. The molecule has 1 amide bonds. The lowest BCUT2D eigenvalue weighted by atomic mass is 9.66. The highest BCUT2D eigenvalue weighted by atomic mass is 16.5. The number of fused-ring (bicyclic) bond motifs is 1. The number of carboxylic acid groups (broad SMARTS) is 1. The van der Waals surface area contributed by atoms with Crippen LogP contribution in [0.3, 0.4) is 0 Å². The molecule has 5 atom stereocenters. The molecule has 4 rings (SSSR count). The van der Waals surface area contributed by atoms with Crippen LogP contribution in [-0.4, -0.2) is 35.2 Å². The Kier molecular flexibility index (Phi) is 6.51. The molecule has 6 heteroatoms. The molecular formula is C26H31NO5. The van der Waals surface area contributed by atoms with E-state index in [1.807, 2.05) is 42.5 Å². The van der Waals surface area contributed by atoms with Crippen LogP contribution in [0.25, 0.3) is 0 Å². The first-order chi connectivity index (χ1) is 15.3. The van der Waals surface area contributed by atoms with Crippen molar-refractivity contribution < 1.29 is 24.2 Å². The molecule has 1 saturated carbocycles. The van der Waals surface area contributed by atoms with Crippen LogP contribution in [0, 0.1) is 11.8 Å². The summed E-state index contributed by atoms with van der Waals surface area (Å²) in [6.45, 7) is 4.05. The molecule has 0 bridgehead atoms. The number of hydrogen-bond acceptors (Lipinski definition) is 4. The van der Waals surface area contributed by atoms with Gasteiger partial charge in [-0.3, -0.25) is 4.79 Å². The van der Waals surface area contributed by atoms with E-state index >= 15 is 0 Å². The first-order valence-electron chi connectivity index (χ1n) is 11.3. The van der Waals surface area contributed by atoms with Crippen molar-refractivity contribution in [3.05, 3.63) is 65.7 Å². The standard InChI is InChI=1S/C26H31NO5/c1-17-8-13-21-22(14-17)32-23(18-9-11-20(12-10-18)31-16-24(28)29)15-26(21,2)27-25(30)19-6-4-3-5-7-19/h3-7,9-12,17,21-23H,8,13-16H2,1-2H3,(H,27,30)(H,28,29)/t17-,21-,22-,23-,26-/m1/s1. The number of amides is 1. The second kappa shape index (κ2) is 9.33. The third-order valence-electron chi connectivity index (χ3n) is 6.87. The highest BCUT2D eigenvalue weighted by molar-refractivity contribution is 5.94. The molecule has 170 valence electrons. The van der Waals surface area contributed by atoms with Gasteiger partial charge >= 0.3 is 5.97 Å². The van der Waals surface area contributed by atoms with Crippen LogP contribution in [-0.2, 0) is 9.53 Å². The van der Waals surface area contributed by atoms with E-state index in [4.69, 9.17) is 14.6 Å². The number of carboxylic acids is 1. The van der Waals surface area contributed by atoms with Crippen LogP contribution in [0.4, 0.5) is 0 Å². The van der Waals surface area contributed by atoms with Gasteiger partial charge in [0.05, 0.1) is 12.2 Å². The van der Waals surface area contributed by atoms with Gasteiger partial charge in [0.25, 0.3) is 5.91 Å². The highest BCUT2D eigenvalue weighted by Gasteiger charge is 2.49. The molecule has 1 heterocycles. The van der Waals surface area contributed by atoms with Gasteiger partial charge in [-0.05, 0) is 55.5 Å².